The monoisotopic (exact) mass is 245 g/mol. The number of hydrogen-bond donors (Lipinski definition) is 1. The van der Waals surface area contributed by atoms with E-state index < -0.39 is 0 Å². The molecule has 0 fully saturated rings. The molecule has 0 radical (unpaired) electrons. The van der Waals surface area contributed by atoms with Gasteiger partial charge in [0.25, 0.3) is 0 Å². The summed E-state index contributed by atoms with van der Waals surface area (Å²) >= 11 is 1.81. The van der Waals surface area contributed by atoms with E-state index in [1.54, 1.807) is 0 Å². The van der Waals surface area contributed by atoms with Gasteiger partial charge in [0, 0.05) is 4.88 Å². The predicted octanol–water partition coefficient (Wildman–Crippen LogP) is 3.98. The van der Waals surface area contributed by atoms with Crippen molar-refractivity contribution < 1.29 is 0 Å². The van der Waals surface area contributed by atoms with Crippen LogP contribution in [0.1, 0.15) is 33.2 Å². The van der Waals surface area contributed by atoms with Gasteiger partial charge in [0.1, 0.15) is 0 Å². The van der Waals surface area contributed by atoms with Crippen LogP contribution in [0.3, 0.4) is 0 Å². The third-order valence-corrected chi connectivity index (χ3v) is 3.83. The maximum atomic E-state index is 3.41. The minimum absolute atomic E-state index is 0.304. The average Bonchev–Trinajstić information content (AvgIpc) is 2.64. The van der Waals surface area contributed by atoms with E-state index >= 15 is 0 Å². The molecule has 0 aliphatic heterocycles. The van der Waals surface area contributed by atoms with Crippen LogP contribution in [0.5, 0.6) is 0 Å². The van der Waals surface area contributed by atoms with Crippen LogP contribution in [0.2, 0.25) is 0 Å². The summed E-state index contributed by atoms with van der Waals surface area (Å²) in [5.41, 5.74) is 5.36. The summed E-state index contributed by atoms with van der Waals surface area (Å²) in [7, 11) is 2.02. The predicted molar refractivity (Wildman–Crippen MR) is 75.9 cm³/mol. The smallest absolute Gasteiger partial charge is 0.0582 e. The van der Waals surface area contributed by atoms with Crippen molar-refractivity contribution in [1.82, 2.24) is 5.32 Å². The third-order valence-electron chi connectivity index (χ3n) is 2.95. The van der Waals surface area contributed by atoms with E-state index in [-0.39, 0.29) is 0 Å². The molecule has 2 aromatic rings. The van der Waals surface area contributed by atoms with E-state index in [4.69, 9.17) is 0 Å². The van der Waals surface area contributed by atoms with Crippen molar-refractivity contribution >= 4 is 11.3 Å². The van der Waals surface area contributed by atoms with E-state index in [9.17, 15) is 0 Å². The molecule has 1 aromatic carbocycles. The zero-order valence-electron chi connectivity index (χ0n) is 10.9. The lowest BCUT2D eigenvalue weighted by Gasteiger charge is -2.17. The zero-order valence-corrected chi connectivity index (χ0v) is 11.7. The van der Waals surface area contributed by atoms with Gasteiger partial charge in [0.2, 0.25) is 0 Å². The Morgan fingerprint density at radius 2 is 1.59 bits per heavy atom. The van der Waals surface area contributed by atoms with Gasteiger partial charge >= 0.3 is 0 Å². The molecule has 1 atom stereocenters. The van der Waals surface area contributed by atoms with E-state index in [2.05, 4.69) is 55.7 Å². The molecule has 0 bridgehead atoms. The topological polar surface area (TPSA) is 12.0 Å². The minimum Gasteiger partial charge on any atom is -0.309 e. The summed E-state index contributed by atoms with van der Waals surface area (Å²) in [5, 5.41) is 5.65. The standard InChI is InChI=1S/C15H19NS/c1-10-5-11(2)7-13(6-10)15(16-4)14-8-12(3)17-9-14/h5-9,15-16H,1-4H3. The normalized spacial score (nSPS) is 12.7. The van der Waals surface area contributed by atoms with Crippen LogP contribution in [0.25, 0.3) is 0 Å². The number of rotatable bonds is 3. The summed E-state index contributed by atoms with van der Waals surface area (Å²) in [4.78, 5) is 1.37. The first-order valence-electron chi connectivity index (χ1n) is 5.90. The van der Waals surface area contributed by atoms with Gasteiger partial charge in [0.15, 0.2) is 0 Å². The van der Waals surface area contributed by atoms with Gasteiger partial charge in [-0.3, -0.25) is 0 Å². The highest BCUT2D eigenvalue weighted by Crippen LogP contribution is 2.27. The van der Waals surface area contributed by atoms with E-state index in [1.165, 1.54) is 27.1 Å². The first kappa shape index (κ1) is 12.3. The molecule has 2 heteroatoms. The Labute approximate surface area is 108 Å². The average molecular weight is 245 g/mol. The summed E-state index contributed by atoms with van der Waals surface area (Å²) in [5.74, 6) is 0. The van der Waals surface area contributed by atoms with Crippen molar-refractivity contribution in [3.8, 4) is 0 Å². The van der Waals surface area contributed by atoms with Crippen molar-refractivity contribution in [2.45, 2.75) is 26.8 Å². The van der Waals surface area contributed by atoms with E-state index in [0.29, 0.717) is 6.04 Å². The van der Waals surface area contributed by atoms with Crippen LogP contribution >= 0.6 is 11.3 Å². The molecule has 0 saturated heterocycles. The molecule has 0 amide bonds. The lowest BCUT2D eigenvalue weighted by atomic mass is 9.97. The Hall–Kier alpha value is -1.12. The number of thiophene rings is 1. The molecule has 0 saturated carbocycles. The molecule has 0 aliphatic carbocycles. The molecule has 17 heavy (non-hydrogen) atoms. The number of nitrogens with one attached hydrogen (secondary N) is 1. The first-order valence-corrected chi connectivity index (χ1v) is 6.78. The molecule has 2 rings (SSSR count). The van der Waals surface area contributed by atoms with Gasteiger partial charge in [0.05, 0.1) is 6.04 Å². The second-order valence-corrected chi connectivity index (χ2v) is 5.75. The van der Waals surface area contributed by atoms with Crippen LogP contribution < -0.4 is 5.32 Å². The second kappa shape index (κ2) is 5.03. The Balaban J connectivity index is 2.41. The lowest BCUT2D eigenvalue weighted by Crippen LogP contribution is -2.17. The van der Waals surface area contributed by atoms with Crippen molar-refractivity contribution in [1.29, 1.82) is 0 Å². The minimum atomic E-state index is 0.304. The molecule has 1 N–H and O–H groups in total. The molecule has 1 aromatic heterocycles. The largest absolute Gasteiger partial charge is 0.309 e. The summed E-state index contributed by atoms with van der Waals surface area (Å²) in [6.07, 6.45) is 0. The molecule has 1 nitrogen and oxygen atoms in total. The van der Waals surface area contributed by atoms with Crippen LogP contribution in [0.15, 0.2) is 29.6 Å². The van der Waals surface area contributed by atoms with E-state index in [1.807, 2.05) is 18.4 Å². The molecule has 1 unspecified atom stereocenters. The van der Waals surface area contributed by atoms with Gasteiger partial charge < -0.3 is 5.32 Å². The quantitative estimate of drug-likeness (QED) is 0.862. The maximum Gasteiger partial charge on any atom is 0.0582 e. The molecular weight excluding hydrogens is 226 g/mol. The highest BCUT2D eigenvalue weighted by atomic mass is 32.1. The number of aryl methyl sites for hydroxylation is 3. The van der Waals surface area contributed by atoms with Gasteiger partial charge in [-0.25, -0.2) is 0 Å². The third kappa shape index (κ3) is 2.76. The van der Waals surface area contributed by atoms with Gasteiger partial charge in [-0.05, 0) is 50.4 Å². The van der Waals surface area contributed by atoms with Crippen LogP contribution in [-0.2, 0) is 0 Å². The Bertz CT molecular complexity index is 493. The molecule has 1 heterocycles. The first-order chi connectivity index (χ1) is 8.10. The SMILES string of the molecule is CNC(c1cc(C)cc(C)c1)c1csc(C)c1. The molecule has 0 spiro atoms. The number of benzene rings is 1. The van der Waals surface area contributed by atoms with Crippen molar-refractivity contribution in [3.05, 3.63) is 56.8 Å². The van der Waals surface area contributed by atoms with Crippen LogP contribution in [0, 0.1) is 20.8 Å². The highest BCUT2D eigenvalue weighted by molar-refractivity contribution is 7.10. The summed E-state index contributed by atoms with van der Waals surface area (Å²) in [6.45, 7) is 6.46. The van der Waals surface area contributed by atoms with Crippen molar-refractivity contribution in [3.63, 3.8) is 0 Å². The molecule has 0 aliphatic rings. The summed E-state index contributed by atoms with van der Waals surface area (Å²) < 4.78 is 0. The van der Waals surface area contributed by atoms with Crippen molar-refractivity contribution in [2.75, 3.05) is 7.05 Å². The lowest BCUT2D eigenvalue weighted by molar-refractivity contribution is 0.693. The molecular formula is C15H19NS. The fraction of sp³-hybridized carbons (Fsp3) is 0.333. The number of hydrogen-bond acceptors (Lipinski definition) is 2. The van der Waals surface area contributed by atoms with E-state index in [0.717, 1.165) is 0 Å². The van der Waals surface area contributed by atoms with Crippen LogP contribution in [0.4, 0.5) is 0 Å². The van der Waals surface area contributed by atoms with Crippen molar-refractivity contribution in [2.24, 2.45) is 0 Å². The van der Waals surface area contributed by atoms with Crippen LogP contribution in [-0.4, -0.2) is 7.05 Å². The summed E-state index contributed by atoms with van der Waals surface area (Å²) in [6, 6.07) is 9.32. The van der Waals surface area contributed by atoms with Gasteiger partial charge in [-0.15, -0.1) is 11.3 Å². The van der Waals surface area contributed by atoms with Gasteiger partial charge in [-0.1, -0.05) is 29.3 Å². The Morgan fingerprint density at radius 3 is 2.06 bits per heavy atom. The maximum absolute atomic E-state index is 3.41. The fourth-order valence-corrected chi connectivity index (χ4v) is 3.05. The van der Waals surface area contributed by atoms with Gasteiger partial charge in [-0.2, -0.15) is 0 Å². The second-order valence-electron chi connectivity index (χ2n) is 4.63. The fourth-order valence-electron chi connectivity index (χ4n) is 2.32. The highest BCUT2D eigenvalue weighted by Gasteiger charge is 2.13. The molecule has 90 valence electrons. The Morgan fingerprint density at radius 1 is 0.941 bits per heavy atom. The zero-order chi connectivity index (χ0) is 12.4. The Kier molecular flexibility index (Phi) is 3.65.